The van der Waals surface area contributed by atoms with E-state index >= 15 is 0 Å². The summed E-state index contributed by atoms with van der Waals surface area (Å²) in [6, 6.07) is 17.1. The molecule has 0 saturated heterocycles. The van der Waals surface area contributed by atoms with Gasteiger partial charge in [0.1, 0.15) is 0 Å². The molecule has 4 aromatic rings. The molecule has 0 aliphatic heterocycles. The van der Waals surface area contributed by atoms with E-state index < -0.39 is 0 Å². The molecule has 0 radical (unpaired) electrons. The number of hydrogen-bond donors (Lipinski definition) is 0. The molecule has 2 aromatic heterocycles. The molecule has 0 N–H and O–H groups in total. The molecule has 21 heavy (non-hydrogen) atoms. The molecule has 3 heteroatoms. The first-order chi connectivity index (χ1) is 10.2. The highest BCUT2D eigenvalue weighted by atomic mass is 15.3. The van der Waals surface area contributed by atoms with E-state index in [1.807, 2.05) is 11.7 Å². The molecule has 0 spiro atoms. The summed E-state index contributed by atoms with van der Waals surface area (Å²) in [7, 11) is 2.00. The van der Waals surface area contributed by atoms with Crippen molar-refractivity contribution in [3.63, 3.8) is 0 Å². The molecule has 0 atom stereocenters. The van der Waals surface area contributed by atoms with Crippen LogP contribution >= 0.6 is 0 Å². The minimum absolute atomic E-state index is 0.800. The van der Waals surface area contributed by atoms with Crippen molar-refractivity contribution in [1.29, 1.82) is 0 Å². The Labute approximate surface area is 123 Å². The fourth-order valence-corrected chi connectivity index (χ4v) is 3.00. The van der Waals surface area contributed by atoms with E-state index in [0.29, 0.717) is 0 Å². The predicted octanol–water partition coefficient (Wildman–Crippen LogP) is 3.88. The molecule has 0 aliphatic rings. The fourth-order valence-electron chi connectivity index (χ4n) is 3.00. The van der Waals surface area contributed by atoms with Crippen molar-refractivity contribution in [2.24, 2.45) is 7.05 Å². The molecule has 0 unspecified atom stereocenters. The van der Waals surface area contributed by atoms with Gasteiger partial charge in [-0.15, -0.1) is 0 Å². The van der Waals surface area contributed by atoms with Crippen LogP contribution in [0.2, 0.25) is 0 Å². The highest BCUT2D eigenvalue weighted by Crippen LogP contribution is 2.22. The van der Waals surface area contributed by atoms with E-state index in [2.05, 4.69) is 71.3 Å². The molecular formula is C18H17N3. The highest BCUT2D eigenvalue weighted by molar-refractivity contribution is 5.83. The Kier molecular flexibility index (Phi) is 2.61. The van der Waals surface area contributed by atoms with E-state index in [9.17, 15) is 0 Å². The molecule has 0 saturated carbocycles. The van der Waals surface area contributed by atoms with Gasteiger partial charge in [-0.3, -0.25) is 4.68 Å². The molecule has 0 fully saturated rings. The van der Waals surface area contributed by atoms with Crippen LogP contribution in [0.25, 0.3) is 21.8 Å². The second kappa shape index (κ2) is 4.48. The fraction of sp³-hybridized carbons (Fsp3) is 0.167. The van der Waals surface area contributed by atoms with Crippen LogP contribution in [0.4, 0.5) is 0 Å². The van der Waals surface area contributed by atoms with Crippen LogP contribution in [-0.4, -0.2) is 14.3 Å². The molecule has 2 aromatic carbocycles. The summed E-state index contributed by atoms with van der Waals surface area (Å²) in [5.74, 6) is 0. The van der Waals surface area contributed by atoms with E-state index in [1.165, 1.54) is 27.4 Å². The monoisotopic (exact) mass is 275 g/mol. The van der Waals surface area contributed by atoms with Crippen LogP contribution < -0.4 is 0 Å². The second-order valence-electron chi connectivity index (χ2n) is 5.59. The standard InChI is InChI=1S/C18H17N3/c1-13-7-8-14-9-10-21(18(14)11-13)12-16-15-5-3-4-6-17(15)20(2)19-16/h3-11H,12H2,1-2H3. The first-order valence-corrected chi connectivity index (χ1v) is 7.18. The van der Waals surface area contributed by atoms with Crippen molar-refractivity contribution in [2.75, 3.05) is 0 Å². The zero-order chi connectivity index (χ0) is 14.4. The number of fused-ring (bicyclic) bond motifs is 2. The highest BCUT2D eigenvalue weighted by Gasteiger charge is 2.09. The van der Waals surface area contributed by atoms with Gasteiger partial charge in [0.25, 0.3) is 0 Å². The largest absolute Gasteiger partial charge is 0.341 e. The van der Waals surface area contributed by atoms with Gasteiger partial charge in [-0.05, 0) is 36.1 Å². The van der Waals surface area contributed by atoms with Crippen molar-refractivity contribution in [2.45, 2.75) is 13.5 Å². The lowest BCUT2D eigenvalue weighted by atomic mass is 10.2. The number of para-hydroxylation sites is 1. The zero-order valence-electron chi connectivity index (χ0n) is 12.2. The number of benzene rings is 2. The average Bonchev–Trinajstić information content (AvgIpc) is 3.02. The van der Waals surface area contributed by atoms with Crippen LogP contribution in [-0.2, 0) is 13.6 Å². The number of rotatable bonds is 2. The molecule has 0 bridgehead atoms. The van der Waals surface area contributed by atoms with Crippen molar-refractivity contribution in [1.82, 2.24) is 14.3 Å². The molecule has 0 aliphatic carbocycles. The van der Waals surface area contributed by atoms with Crippen molar-refractivity contribution >= 4 is 21.8 Å². The van der Waals surface area contributed by atoms with Crippen molar-refractivity contribution in [3.8, 4) is 0 Å². The first-order valence-electron chi connectivity index (χ1n) is 7.18. The topological polar surface area (TPSA) is 22.8 Å². The molecule has 3 nitrogen and oxygen atoms in total. The zero-order valence-corrected chi connectivity index (χ0v) is 12.2. The Morgan fingerprint density at radius 3 is 2.76 bits per heavy atom. The maximum atomic E-state index is 4.69. The maximum absolute atomic E-state index is 4.69. The SMILES string of the molecule is Cc1ccc2ccn(Cc3nn(C)c4ccccc34)c2c1. The number of hydrogen-bond acceptors (Lipinski definition) is 1. The maximum Gasteiger partial charge on any atom is 0.0900 e. The Morgan fingerprint density at radius 2 is 1.86 bits per heavy atom. The van der Waals surface area contributed by atoms with Gasteiger partial charge in [0, 0.05) is 24.1 Å². The van der Waals surface area contributed by atoms with E-state index in [0.717, 1.165) is 12.2 Å². The quantitative estimate of drug-likeness (QED) is 0.544. The lowest BCUT2D eigenvalue weighted by molar-refractivity contribution is 0.732. The van der Waals surface area contributed by atoms with Gasteiger partial charge in [-0.25, -0.2) is 0 Å². The summed E-state index contributed by atoms with van der Waals surface area (Å²) in [6.07, 6.45) is 2.15. The lowest BCUT2D eigenvalue weighted by Gasteiger charge is -2.04. The van der Waals surface area contributed by atoms with Gasteiger partial charge in [0.15, 0.2) is 0 Å². The normalized spacial score (nSPS) is 11.5. The summed E-state index contributed by atoms with van der Waals surface area (Å²) in [5.41, 5.74) is 4.85. The Hall–Kier alpha value is -2.55. The van der Waals surface area contributed by atoms with Gasteiger partial charge in [-0.2, -0.15) is 5.10 Å². The second-order valence-corrected chi connectivity index (χ2v) is 5.59. The van der Waals surface area contributed by atoms with Crippen LogP contribution in [0.15, 0.2) is 54.7 Å². The smallest absolute Gasteiger partial charge is 0.0900 e. The number of nitrogens with zero attached hydrogens (tertiary/aromatic N) is 3. The van der Waals surface area contributed by atoms with Crippen LogP contribution in [0, 0.1) is 6.92 Å². The summed E-state index contributed by atoms with van der Waals surface area (Å²) < 4.78 is 4.23. The first kappa shape index (κ1) is 12.2. The minimum Gasteiger partial charge on any atom is -0.341 e. The molecular weight excluding hydrogens is 258 g/mol. The van der Waals surface area contributed by atoms with Gasteiger partial charge in [0.2, 0.25) is 0 Å². The van der Waals surface area contributed by atoms with Crippen LogP contribution in [0.5, 0.6) is 0 Å². The number of aryl methyl sites for hydroxylation is 2. The van der Waals surface area contributed by atoms with E-state index in [1.54, 1.807) is 0 Å². The lowest BCUT2D eigenvalue weighted by Crippen LogP contribution is -2.00. The van der Waals surface area contributed by atoms with Crippen molar-refractivity contribution in [3.05, 3.63) is 66.0 Å². The van der Waals surface area contributed by atoms with Gasteiger partial charge in [0.05, 0.1) is 17.8 Å². The van der Waals surface area contributed by atoms with Gasteiger partial charge >= 0.3 is 0 Å². The van der Waals surface area contributed by atoms with Gasteiger partial charge < -0.3 is 4.57 Å². The van der Waals surface area contributed by atoms with Crippen LogP contribution in [0.3, 0.4) is 0 Å². The summed E-state index contributed by atoms with van der Waals surface area (Å²) in [5, 5.41) is 7.20. The van der Waals surface area contributed by atoms with E-state index in [4.69, 9.17) is 0 Å². The Bertz CT molecular complexity index is 944. The molecule has 104 valence electrons. The Morgan fingerprint density at radius 1 is 1.00 bits per heavy atom. The predicted molar refractivity (Wildman–Crippen MR) is 86.5 cm³/mol. The third kappa shape index (κ3) is 1.93. The minimum atomic E-state index is 0.800. The van der Waals surface area contributed by atoms with E-state index in [-0.39, 0.29) is 0 Å². The van der Waals surface area contributed by atoms with Gasteiger partial charge in [-0.1, -0.05) is 30.3 Å². The summed E-state index contributed by atoms with van der Waals surface area (Å²) >= 11 is 0. The molecule has 4 rings (SSSR count). The average molecular weight is 275 g/mol. The van der Waals surface area contributed by atoms with Crippen LogP contribution in [0.1, 0.15) is 11.3 Å². The third-order valence-corrected chi connectivity index (χ3v) is 4.08. The number of aromatic nitrogens is 3. The summed E-state index contributed by atoms with van der Waals surface area (Å²) in [4.78, 5) is 0. The van der Waals surface area contributed by atoms with Crippen molar-refractivity contribution < 1.29 is 0 Å². The summed E-state index contributed by atoms with van der Waals surface area (Å²) in [6.45, 7) is 2.93. The Balaban J connectivity index is 1.85. The third-order valence-electron chi connectivity index (χ3n) is 4.08. The molecule has 0 amide bonds. The molecule has 2 heterocycles.